The molecule has 428 valence electrons. The Bertz CT molecular complexity index is 2250. The predicted molar refractivity (Wildman–Crippen MR) is 276 cm³/mol. The van der Waals surface area contributed by atoms with Crippen LogP contribution in [0.2, 0.25) is 0 Å². The molecule has 3 rings (SSSR count). The maximum absolute atomic E-state index is 14.3. The Morgan fingerprint density at radius 2 is 0.987 bits per heavy atom. The number of unbranched alkanes of at least 4 members (excludes halogenated alkanes) is 8. The Morgan fingerprint density at radius 3 is 1.48 bits per heavy atom. The highest BCUT2D eigenvalue weighted by Crippen LogP contribution is 2.21. The van der Waals surface area contributed by atoms with Crippen LogP contribution in [0.15, 0.2) is 24.3 Å². The van der Waals surface area contributed by atoms with Crippen molar-refractivity contribution < 1.29 is 72.9 Å². The van der Waals surface area contributed by atoms with Crippen LogP contribution >= 0.6 is 0 Å². The summed E-state index contributed by atoms with van der Waals surface area (Å²) >= 11 is 0. The van der Waals surface area contributed by atoms with Crippen LogP contribution < -0.4 is 54.4 Å². The number of nitrogens with one attached hydrogen (secondary N) is 7. The van der Waals surface area contributed by atoms with Crippen LogP contribution in [-0.4, -0.2) is 152 Å². The Labute approximate surface area is 447 Å². The lowest BCUT2D eigenvalue weighted by Crippen LogP contribution is -2.63. The van der Waals surface area contributed by atoms with E-state index < -0.39 is 157 Å². The maximum atomic E-state index is 14.3. The number of fused-ring (bicyclic) bond motifs is 1. The summed E-state index contributed by atoms with van der Waals surface area (Å²) in [4.78, 5) is 163. The number of carbonyl (C=O) groups excluding carboxylic acids is 11. The molecular weight excluding hydrogens is 1010 g/mol. The molecule has 26 nitrogen and oxygen atoms in total. The third-order valence-electron chi connectivity index (χ3n) is 13.2. The van der Waals surface area contributed by atoms with Crippen LogP contribution in [0.4, 0.5) is 0 Å². The number of hydrogen-bond acceptors (Lipinski definition) is 14. The summed E-state index contributed by atoms with van der Waals surface area (Å²) < 4.78 is 0. The molecule has 1 aromatic carbocycles. The number of aliphatic carboxylic acids is 1. The van der Waals surface area contributed by atoms with E-state index in [2.05, 4.69) is 51.1 Å². The van der Waals surface area contributed by atoms with E-state index in [9.17, 15) is 72.9 Å². The normalized spacial score (nSPS) is 23.9. The molecule has 11 amide bonds. The SMILES string of the molecule is CC(C)CCCCCCCCCCCC1NC(=O)C(C(C)O)NC(=O)C(CC(N)=O)NC(=O)C2CCCN2C(=O)C(CCC(=O)O)NC(=O)C(CC(N)=O)NC(=O)C(Cc2ccc(O)cc2)NC(=O)C(CC(N)=O)NC1=O. The summed E-state index contributed by atoms with van der Waals surface area (Å²) in [6.07, 6.45) is 3.30. The van der Waals surface area contributed by atoms with Gasteiger partial charge in [-0.3, -0.25) is 57.5 Å². The number of carboxylic acids is 1. The minimum Gasteiger partial charge on any atom is -0.508 e. The third kappa shape index (κ3) is 22.8. The number of aliphatic hydroxyl groups excluding tert-OH is 1. The Morgan fingerprint density at radius 1 is 0.558 bits per heavy atom. The molecule has 9 atom stereocenters. The van der Waals surface area contributed by atoms with Crippen molar-refractivity contribution in [2.24, 2.45) is 23.1 Å². The quantitative estimate of drug-likeness (QED) is 0.0506. The summed E-state index contributed by atoms with van der Waals surface area (Å²) in [5.74, 6) is -13.1. The van der Waals surface area contributed by atoms with E-state index in [1.165, 1.54) is 30.7 Å². The van der Waals surface area contributed by atoms with E-state index in [1.54, 1.807) is 0 Å². The number of benzene rings is 1. The Hall–Kier alpha value is -7.38. The molecule has 2 aliphatic rings. The number of hydrogen-bond donors (Lipinski definition) is 13. The highest BCUT2D eigenvalue weighted by molar-refractivity contribution is 6.01. The van der Waals surface area contributed by atoms with Gasteiger partial charge in [0.2, 0.25) is 65.0 Å². The van der Waals surface area contributed by atoms with E-state index in [-0.39, 0.29) is 38.0 Å². The summed E-state index contributed by atoms with van der Waals surface area (Å²) in [5.41, 5.74) is 16.8. The number of primary amides is 3. The minimum absolute atomic E-state index is 0.0302. The first-order chi connectivity index (χ1) is 36.4. The average molecular weight is 1090 g/mol. The predicted octanol–water partition coefficient (Wildman–Crippen LogP) is -1.85. The van der Waals surface area contributed by atoms with Gasteiger partial charge in [-0.15, -0.1) is 0 Å². The molecule has 2 saturated heterocycles. The zero-order valence-electron chi connectivity index (χ0n) is 44.1. The van der Waals surface area contributed by atoms with E-state index in [4.69, 9.17) is 17.2 Å². The first-order valence-corrected chi connectivity index (χ1v) is 26.3. The van der Waals surface area contributed by atoms with Gasteiger partial charge in [-0.05, 0) is 56.2 Å². The topological polar surface area (TPSA) is 431 Å². The second kappa shape index (κ2) is 32.3. The molecule has 0 aromatic heterocycles. The van der Waals surface area contributed by atoms with Crippen molar-refractivity contribution in [3.05, 3.63) is 29.8 Å². The number of nitrogens with two attached hydrogens (primary N) is 3. The molecule has 16 N–H and O–H groups in total. The van der Waals surface area contributed by atoms with Crippen molar-refractivity contribution in [1.82, 2.24) is 42.1 Å². The fourth-order valence-corrected chi connectivity index (χ4v) is 9.02. The summed E-state index contributed by atoms with van der Waals surface area (Å²) in [6.45, 7) is 5.38. The summed E-state index contributed by atoms with van der Waals surface area (Å²) in [7, 11) is 0. The maximum Gasteiger partial charge on any atom is 0.303 e. The standard InChI is InChI=1S/C51H79N11O15/c1-28(2)14-11-9-7-5-4-6-8-10-12-15-32-44(70)58-36(26-40(53)66)47(73)57-34(24-30-17-19-31(64)20-18-30)45(71)59-35(25-39(52)65)46(72)56-33(21-22-42(68)69)51(77)62-23-13-16-38(62)49(75)60-37(27-41(54)67)48(74)61-43(29(3)63)50(76)55-32/h17-20,28-29,32-38,43,63-64H,4-16,21-27H2,1-3H3,(H2,52,65)(H2,53,66)(H2,54,67)(H,55,76)(H,56,72)(H,57,73)(H,58,70)(H,59,71)(H,60,75)(H,61,74)(H,68,69). The second-order valence-corrected chi connectivity index (χ2v) is 20.3. The summed E-state index contributed by atoms with van der Waals surface area (Å²) in [6, 6.07) is -8.41. The Balaban J connectivity index is 2.13. The van der Waals surface area contributed by atoms with Gasteiger partial charge in [0.25, 0.3) is 0 Å². The van der Waals surface area contributed by atoms with E-state index >= 15 is 0 Å². The molecule has 2 fully saturated rings. The molecule has 1 aromatic rings. The average Bonchev–Trinajstić information content (AvgIpc) is 3.84. The zero-order valence-corrected chi connectivity index (χ0v) is 44.1. The number of aromatic hydroxyl groups is 1. The molecule has 2 aliphatic heterocycles. The monoisotopic (exact) mass is 1090 g/mol. The lowest BCUT2D eigenvalue weighted by atomic mass is 10.0. The van der Waals surface area contributed by atoms with Gasteiger partial charge in [-0.1, -0.05) is 90.2 Å². The lowest BCUT2D eigenvalue weighted by Gasteiger charge is -2.31. The van der Waals surface area contributed by atoms with Crippen LogP contribution in [0.3, 0.4) is 0 Å². The van der Waals surface area contributed by atoms with Gasteiger partial charge in [0.15, 0.2) is 0 Å². The van der Waals surface area contributed by atoms with Crippen molar-refractivity contribution in [3.63, 3.8) is 0 Å². The largest absolute Gasteiger partial charge is 0.508 e. The molecule has 2 heterocycles. The van der Waals surface area contributed by atoms with Gasteiger partial charge in [0.05, 0.1) is 25.4 Å². The number of nitrogens with zero attached hydrogens (tertiary/aromatic N) is 1. The van der Waals surface area contributed by atoms with Crippen LogP contribution in [0.5, 0.6) is 5.75 Å². The van der Waals surface area contributed by atoms with Crippen molar-refractivity contribution in [3.8, 4) is 5.75 Å². The van der Waals surface area contributed by atoms with Gasteiger partial charge in [-0.25, -0.2) is 0 Å². The van der Waals surface area contributed by atoms with Gasteiger partial charge < -0.3 is 74.6 Å². The first-order valence-electron chi connectivity index (χ1n) is 26.3. The molecule has 0 saturated carbocycles. The highest BCUT2D eigenvalue weighted by atomic mass is 16.4. The molecular formula is C51H79N11O15. The number of aliphatic hydroxyl groups is 1. The molecule has 77 heavy (non-hydrogen) atoms. The lowest BCUT2D eigenvalue weighted by molar-refractivity contribution is -0.144. The highest BCUT2D eigenvalue weighted by Gasteiger charge is 2.41. The van der Waals surface area contributed by atoms with Crippen molar-refractivity contribution in [1.29, 1.82) is 0 Å². The van der Waals surface area contributed by atoms with Crippen LogP contribution in [0.1, 0.15) is 142 Å². The van der Waals surface area contributed by atoms with Crippen molar-refractivity contribution >= 4 is 70.9 Å². The molecule has 9 unspecified atom stereocenters. The van der Waals surface area contributed by atoms with Crippen LogP contribution in [0.25, 0.3) is 0 Å². The molecule has 26 heteroatoms. The number of phenols is 1. The molecule has 0 aliphatic carbocycles. The van der Waals surface area contributed by atoms with E-state index in [0.29, 0.717) is 24.3 Å². The van der Waals surface area contributed by atoms with E-state index in [0.717, 1.165) is 56.8 Å². The smallest absolute Gasteiger partial charge is 0.303 e. The zero-order chi connectivity index (χ0) is 57.4. The van der Waals surface area contributed by atoms with Crippen molar-refractivity contribution in [2.75, 3.05) is 6.54 Å². The van der Waals surface area contributed by atoms with Gasteiger partial charge in [0, 0.05) is 19.4 Å². The third-order valence-corrected chi connectivity index (χ3v) is 13.2. The number of carboxylic acid groups (broad SMARTS) is 1. The number of carbonyl (C=O) groups is 12. The van der Waals surface area contributed by atoms with Crippen LogP contribution in [-0.2, 0) is 64.0 Å². The van der Waals surface area contributed by atoms with E-state index in [1.807, 2.05) is 0 Å². The minimum atomic E-state index is -1.90. The first kappa shape index (κ1) is 63.9. The second-order valence-electron chi connectivity index (χ2n) is 20.3. The number of rotatable bonds is 24. The number of phenolic OH excluding ortho intramolecular Hbond substituents is 1. The molecule has 0 radical (unpaired) electrons. The Kier molecular flexibility index (Phi) is 26.8. The van der Waals surface area contributed by atoms with Crippen molar-refractivity contribution in [2.45, 2.75) is 197 Å². The molecule has 0 bridgehead atoms. The number of amides is 11. The van der Waals surface area contributed by atoms with Gasteiger partial charge in [-0.2, -0.15) is 0 Å². The van der Waals surface area contributed by atoms with Crippen LogP contribution in [0, 0.1) is 5.92 Å². The molecule has 0 spiro atoms. The fourth-order valence-electron chi connectivity index (χ4n) is 9.02. The van der Waals surface area contributed by atoms with Gasteiger partial charge >= 0.3 is 5.97 Å². The fraction of sp³-hybridized carbons (Fsp3) is 0.647. The van der Waals surface area contributed by atoms with Gasteiger partial charge in [0.1, 0.15) is 54.1 Å². The summed E-state index contributed by atoms with van der Waals surface area (Å²) in [5, 5.41) is 47.1.